The molecule has 0 saturated carbocycles. The maximum Gasteiger partial charge on any atom is 0.0826 e. The number of ether oxygens (including phenoxy) is 1. The van der Waals surface area contributed by atoms with Crippen molar-refractivity contribution < 1.29 is 4.74 Å². The number of morpholine rings is 1. The quantitative estimate of drug-likeness (QED) is 0.925. The highest BCUT2D eigenvalue weighted by atomic mass is 35.5. The zero-order chi connectivity index (χ0) is 13.8. The van der Waals surface area contributed by atoms with Crippen LogP contribution in [0.2, 0.25) is 10.0 Å². The van der Waals surface area contributed by atoms with Gasteiger partial charge in [0, 0.05) is 35.7 Å². The lowest BCUT2D eigenvalue weighted by Gasteiger charge is -2.32. The van der Waals surface area contributed by atoms with E-state index in [-0.39, 0.29) is 12.1 Å². The fraction of sp³-hybridized carbons (Fsp3) is 0.571. The molecule has 0 aromatic heterocycles. The normalized spacial score (nSPS) is 21.6. The zero-order valence-corrected chi connectivity index (χ0v) is 12.8. The Labute approximate surface area is 124 Å². The predicted octanol–water partition coefficient (Wildman–Crippen LogP) is 2.97. The van der Waals surface area contributed by atoms with E-state index in [1.54, 1.807) is 6.07 Å². The van der Waals surface area contributed by atoms with Crippen molar-refractivity contribution in [3.63, 3.8) is 0 Å². The fourth-order valence-electron chi connectivity index (χ4n) is 2.29. The van der Waals surface area contributed by atoms with Gasteiger partial charge in [-0.15, -0.1) is 0 Å². The molecule has 3 nitrogen and oxygen atoms in total. The Balaban J connectivity index is 1.99. The number of nitrogens with zero attached hydrogens (tertiary/aromatic N) is 1. The molecule has 1 fully saturated rings. The van der Waals surface area contributed by atoms with E-state index in [4.69, 9.17) is 27.9 Å². The van der Waals surface area contributed by atoms with Crippen molar-refractivity contribution in [2.24, 2.45) is 0 Å². The molecule has 0 spiro atoms. The van der Waals surface area contributed by atoms with Crippen molar-refractivity contribution in [3.8, 4) is 0 Å². The Kier molecular flexibility index (Phi) is 5.48. The molecule has 2 unspecified atom stereocenters. The number of hydrogen-bond donors (Lipinski definition) is 1. The monoisotopic (exact) mass is 302 g/mol. The van der Waals surface area contributed by atoms with E-state index in [1.807, 2.05) is 12.1 Å². The van der Waals surface area contributed by atoms with Crippen LogP contribution < -0.4 is 5.32 Å². The van der Waals surface area contributed by atoms with E-state index in [9.17, 15) is 0 Å². The SMILES string of the molecule is CC(c1ccc(Cl)cc1Cl)N(C)CC1CNCCO1. The van der Waals surface area contributed by atoms with E-state index < -0.39 is 0 Å². The smallest absolute Gasteiger partial charge is 0.0826 e. The van der Waals surface area contributed by atoms with Crippen LogP contribution in [0, 0.1) is 0 Å². The molecule has 1 saturated heterocycles. The third kappa shape index (κ3) is 4.07. The van der Waals surface area contributed by atoms with Crippen LogP contribution in [0.3, 0.4) is 0 Å². The maximum absolute atomic E-state index is 6.26. The minimum Gasteiger partial charge on any atom is -0.374 e. The van der Waals surface area contributed by atoms with Crippen LogP contribution in [-0.2, 0) is 4.74 Å². The minimum atomic E-state index is 0.232. The molecule has 2 rings (SSSR count). The van der Waals surface area contributed by atoms with Gasteiger partial charge >= 0.3 is 0 Å². The van der Waals surface area contributed by atoms with Crippen LogP contribution in [-0.4, -0.2) is 44.3 Å². The van der Waals surface area contributed by atoms with Gasteiger partial charge < -0.3 is 10.1 Å². The molecular formula is C14H20Cl2N2O. The maximum atomic E-state index is 6.26. The van der Waals surface area contributed by atoms with Gasteiger partial charge in [-0.05, 0) is 31.7 Å². The molecule has 1 aromatic rings. The fourth-order valence-corrected chi connectivity index (χ4v) is 2.86. The Morgan fingerprint density at radius 3 is 2.89 bits per heavy atom. The zero-order valence-electron chi connectivity index (χ0n) is 11.3. The second kappa shape index (κ2) is 6.91. The van der Waals surface area contributed by atoms with Gasteiger partial charge in [-0.3, -0.25) is 4.90 Å². The third-order valence-electron chi connectivity index (χ3n) is 3.57. The molecule has 1 aliphatic rings. The van der Waals surface area contributed by atoms with Crippen LogP contribution in [0.1, 0.15) is 18.5 Å². The predicted molar refractivity (Wildman–Crippen MR) is 80.1 cm³/mol. The van der Waals surface area contributed by atoms with E-state index >= 15 is 0 Å². The van der Waals surface area contributed by atoms with Crippen molar-refractivity contribution in [1.82, 2.24) is 10.2 Å². The summed E-state index contributed by atoms with van der Waals surface area (Å²) in [6.45, 7) is 5.66. The number of nitrogens with one attached hydrogen (secondary N) is 1. The van der Waals surface area contributed by atoms with Gasteiger partial charge in [-0.25, -0.2) is 0 Å². The molecule has 0 amide bonds. The topological polar surface area (TPSA) is 24.5 Å². The molecular weight excluding hydrogens is 283 g/mol. The van der Waals surface area contributed by atoms with Gasteiger partial charge in [0.1, 0.15) is 0 Å². The van der Waals surface area contributed by atoms with Gasteiger partial charge in [0.15, 0.2) is 0 Å². The largest absolute Gasteiger partial charge is 0.374 e. The number of benzene rings is 1. The van der Waals surface area contributed by atoms with Crippen molar-refractivity contribution in [3.05, 3.63) is 33.8 Å². The van der Waals surface area contributed by atoms with E-state index in [2.05, 4.69) is 24.2 Å². The highest BCUT2D eigenvalue weighted by molar-refractivity contribution is 6.35. The highest BCUT2D eigenvalue weighted by Crippen LogP contribution is 2.29. The van der Waals surface area contributed by atoms with Gasteiger partial charge in [-0.2, -0.15) is 0 Å². The van der Waals surface area contributed by atoms with Gasteiger partial charge in [-0.1, -0.05) is 29.3 Å². The molecule has 5 heteroatoms. The van der Waals surface area contributed by atoms with Crippen molar-refractivity contribution >= 4 is 23.2 Å². The Morgan fingerprint density at radius 2 is 2.26 bits per heavy atom. The first-order chi connectivity index (χ1) is 9.08. The third-order valence-corrected chi connectivity index (χ3v) is 4.13. The molecule has 1 aliphatic heterocycles. The molecule has 19 heavy (non-hydrogen) atoms. The number of halogens is 2. The number of likely N-dealkylation sites (N-methyl/N-ethyl adjacent to an activating group) is 1. The van der Waals surface area contributed by atoms with Crippen LogP contribution in [0.5, 0.6) is 0 Å². The molecule has 106 valence electrons. The lowest BCUT2D eigenvalue weighted by molar-refractivity contribution is 0.00394. The first-order valence-electron chi connectivity index (χ1n) is 6.55. The number of rotatable bonds is 4. The van der Waals surface area contributed by atoms with Gasteiger partial charge in [0.2, 0.25) is 0 Å². The summed E-state index contributed by atoms with van der Waals surface area (Å²) in [4.78, 5) is 2.26. The summed E-state index contributed by atoms with van der Waals surface area (Å²) in [5.74, 6) is 0. The summed E-state index contributed by atoms with van der Waals surface area (Å²) in [5, 5.41) is 4.73. The average molecular weight is 303 g/mol. The van der Waals surface area contributed by atoms with Gasteiger partial charge in [0.05, 0.1) is 12.7 Å². The van der Waals surface area contributed by atoms with Crippen LogP contribution in [0.4, 0.5) is 0 Å². The second-order valence-corrected chi connectivity index (χ2v) is 5.82. The van der Waals surface area contributed by atoms with Crippen LogP contribution in [0.15, 0.2) is 18.2 Å². The first kappa shape index (κ1) is 15.1. The molecule has 1 N–H and O–H groups in total. The molecule has 1 heterocycles. The van der Waals surface area contributed by atoms with Crippen molar-refractivity contribution in [2.45, 2.75) is 19.1 Å². The molecule has 2 atom stereocenters. The lowest BCUT2D eigenvalue weighted by Crippen LogP contribution is -2.44. The number of hydrogen-bond acceptors (Lipinski definition) is 3. The lowest BCUT2D eigenvalue weighted by atomic mass is 10.1. The summed E-state index contributed by atoms with van der Waals surface area (Å²) in [7, 11) is 2.09. The molecule has 0 radical (unpaired) electrons. The molecule has 0 bridgehead atoms. The first-order valence-corrected chi connectivity index (χ1v) is 7.31. The standard InChI is InChI=1S/C14H20Cl2N2O/c1-10(13-4-3-11(15)7-14(13)16)18(2)9-12-8-17-5-6-19-12/h3-4,7,10,12,17H,5-6,8-9H2,1-2H3. The average Bonchev–Trinajstić information content (AvgIpc) is 2.39. The Hall–Kier alpha value is -0.320. The molecule has 1 aromatic carbocycles. The Bertz CT molecular complexity index is 422. The van der Waals surface area contributed by atoms with Gasteiger partial charge in [0.25, 0.3) is 0 Å². The second-order valence-electron chi connectivity index (χ2n) is 4.98. The van der Waals surface area contributed by atoms with Crippen LogP contribution in [0.25, 0.3) is 0 Å². The molecule has 0 aliphatic carbocycles. The van der Waals surface area contributed by atoms with Crippen LogP contribution >= 0.6 is 23.2 Å². The highest BCUT2D eigenvalue weighted by Gasteiger charge is 2.20. The van der Waals surface area contributed by atoms with Crippen molar-refractivity contribution in [1.29, 1.82) is 0 Å². The summed E-state index contributed by atoms with van der Waals surface area (Å²) >= 11 is 12.2. The van der Waals surface area contributed by atoms with E-state index in [0.717, 1.165) is 36.8 Å². The summed E-state index contributed by atoms with van der Waals surface area (Å²) in [5.41, 5.74) is 1.09. The summed E-state index contributed by atoms with van der Waals surface area (Å²) in [6.07, 6.45) is 0.243. The Morgan fingerprint density at radius 1 is 1.47 bits per heavy atom. The summed E-state index contributed by atoms with van der Waals surface area (Å²) in [6, 6.07) is 5.90. The van der Waals surface area contributed by atoms with E-state index in [1.165, 1.54) is 0 Å². The van der Waals surface area contributed by atoms with Crippen molar-refractivity contribution in [2.75, 3.05) is 33.3 Å². The minimum absolute atomic E-state index is 0.232. The van der Waals surface area contributed by atoms with E-state index in [0.29, 0.717) is 5.02 Å². The summed E-state index contributed by atoms with van der Waals surface area (Å²) < 4.78 is 5.73.